The Hall–Kier alpha value is -0.820. The van der Waals surface area contributed by atoms with Gasteiger partial charge < -0.3 is 0 Å². The lowest BCUT2D eigenvalue weighted by Crippen LogP contribution is -2.28. The van der Waals surface area contributed by atoms with E-state index in [1.54, 1.807) is 0 Å². The number of rotatable bonds is 5. The minimum atomic E-state index is 0.172. The van der Waals surface area contributed by atoms with E-state index in [1.165, 1.54) is 11.1 Å². The SMILES string of the molecule is C#CCCCC(NN)c1cccc(Br)c1C. The molecule has 2 nitrogen and oxygen atoms in total. The van der Waals surface area contributed by atoms with Gasteiger partial charge in [-0.2, -0.15) is 0 Å². The standard InChI is InChI=1S/C13H17BrN2/c1-3-4-5-9-13(16-15)11-7-6-8-12(14)10(11)2/h1,6-8,13,16H,4-5,9,15H2,2H3. The smallest absolute Gasteiger partial charge is 0.0463 e. The van der Waals surface area contributed by atoms with Crippen LogP contribution < -0.4 is 11.3 Å². The molecule has 0 aliphatic carbocycles. The van der Waals surface area contributed by atoms with Gasteiger partial charge in [0.15, 0.2) is 0 Å². The second-order valence-corrected chi connectivity index (χ2v) is 4.62. The van der Waals surface area contributed by atoms with Crippen molar-refractivity contribution in [3.63, 3.8) is 0 Å². The minimum Gasteiger partial charge on any atom is -0.271 e. The third-order valence-electron chi connectivity index (χ3n) is 2.70. The van der Waals surface area contributed by atoms with Crippen molar-refractivity contribution in [1.29, 1.82) is 0 Å². The second kappa shape index (κ2) is 6.70. The lowest BCUT2D eigenvalue weighted by molar-refractivity contribution is 0.500. The summed E-state index contributed by atoms with van der Waals surface area (Å²) in [5.41, 5.74) is 5.31. The number of halogens is 1. The van der Waals surface area contributed by atoms with E-state index in [4.69, 9.17) is 12.3 Å². The summed E-state index contributed by atoms with van der Waals surface area (Å²) in [5.74, 6) is 8.24. The molecule has 0 aliphatic rings. The van der Waals surface area contributed by atoms with Crippen molar-refractivity contribution in [2.45, 2.75) is 32.2 Å². The zero-order valence-electron chi connectivity index (χ0n) is 9.46. The van der Waals surface area contributed by atoms with E-state index in [0.29, 0.717) is 0 Å². The van der Waals surface area contributed by atoms with Gasteiger partial charge in [0.1, 0.15) is 0 Å². The number of hydrogen-bond acceptors (Lipinski definition) is 2. The Morgan fingerprint density at radius 2 is 2.31 bits per heavy atom. The fraction of sp³-hybridized carbons (Fsp3) is 0.385. The lowest BCUT2D eigenvalue weighted by Gasteiger charge is -2.18. The Labute approximate surface area is 106 Å². The number of terminal acetylenes is 1. The molecule has 0 radical (unpaired) electrons. The third kappa shape index (κ3) is 3.34. The Morgan fingerprint density at radius 1 is 1.56 bits per heavy atom. The van der Waals surface area contributed by atoms with Gasteiger partial charge >= 0.3 is 0 Å². The van der Waals surface area contributed by atoms with Gasteiger partial charge in [0.25, 0.3) is 0 Å². The molecule has 16 heavy (non-hydrogen) atoms. The van der Waals surface area contributed by atoms with Crippen LogP contribution in [0.25, 0.3) is 0 Å². The van der Waals surface area contributed by atoms with Crippen LogP contribution in [0.15, 0.2) is 22.7 Å². The molecule has 0 aromatic heterocycles. The van der Waals surface area contributed by atoms with Gasteiger partial charge in [0.05, 0.1) is 0 Å². The van der Waals surface area contributed by atoms with Crippen LogP contribution in [-0.2, 0) is 0 Å². The number of unbranched alkanes of at least 4 members (excludes halogenated alkanes) is 1. The molecule has 0 heterocycles. The van der Waals surface area contributed by atoms with E-state index in [-0.39, 0.29) is 6.04 Å². The summed E-state index contributed by atoms with van der Waals surface area (Å²) in [6.45, 7) is 2.09. The fourth-order valence-corrected chi connectivity index (χ4v) is 2.12. The Morgan fingerprint density at radius 3 is 2.94 bits per heavy atom. The minimum absolute atomic E-state index is 0.172. The van der Waals surface area contributed by atoms with Crippen molar-refractivity contribution in [2.24, 2.45) is 5.84 Å². The molecule has 0 amide bonds. The molecule has 0 spiro atoms. The molecule has 0 saturated carbocycles. The second-order valence-electron chi connectivity index (χ2n) is 3.77. The highest BCUT2D eigenvalue weighted by atomic mass is 79.9. The van der Waals surface area contributed by atoms with Crippen molar-refractivity contribution >= 4 is 15.9 Å². The Balaban J connectivity index is 2.79. The maximum atomic E-state index is 5.59. The van der Waals surface area contributed by atoms with Crippen LogP contribution in [0, 0.1) is 19.3 Å². The van der Waals surface area contributed by atoms with E-state index in [0.717, 1.165) is 23.7 Å². The van der Waals surface area contributed by atoms with Gasteiger partial charge in [-0.25, -0.2) is 0 Å². The molecule has 86 valence electrons. The molecule has 3 N–H and O–H groups in total. The summed E-state index contributed by atoms with van der Waals surface area (Å²) < 4.78 is 1.11. The monoisotopic (exact) mass is 280 g/mol. The fourth-order valence-electron chi connectivity index (χ4n) is 1.74. The van der Waals surface area contributed by atoms with E-state index in [1.807, 2.05) is 12.1 Å². The van der Waals surface area contributed by atoms with Crippen molar-refractivity contribution in [1.82, 2.24) is 5.43 Å². The summed E-state index contributed by atoms with van der Waals surface area (Å²) in [5, 5.41) is 0. The predicted molar refractivity (Wildman–Crippen MR) is 71.6 cm³/mol. The number of hydrazine groups is 1. The summed E-state index contributed by atoms with van der Waals surface area (Å²) >= 11 is 3.52. The lowest BCUT2D eigenvalue weighted by atomic mass is 9.97. The van der Waals surface area contributed by atoms with Crippen molar-refractivity contribution in [3.8, 4) is 12.3 Å². The average Bonchev–Trinajstić information content (AvgIpc) is 2.29. The maximum Gasteiger partial charge on any atom is 0.0463 e. The van der Waals surface area contributed by atoms with Crippen LogP contribution in [0.3, 0.4) is 0 Å². The predicted octanol–water partition coefficient (Wildman–Crippen LogP) is 3.07. The van der Waals surface area contributed by atoms with Crippen LogP contribution in [0.4, 0.5) is 0 Å². The van der Waals surface area contributed by atoms with Crippen molar-refractivity contribution < 1.29 is 0 Å². The molecule has 0 bridgehead atoms. The normalized spacial score (nSPS) is 12.1. The van der Waals surface area contributed by atoms with Gasteiger partial charge in [-0.3, -0.25) is 11.3 Å². The van der Waals surface area contributed by atoms with E-state index < -0.39 is 0 Å². The zero-order valence-corrected chi connectivity index (χ0v) is 11.0. The highest BCUT2D eigenvalue weighted by molar-refractivity contribution is 9.10. The first-order valence-corrected chi connectivity index (χ1v) is 6.14. The van der Waals surface area contributed by atoms with Crippen molar-refractivity contribution in [3.05, 3.63) is 33.8 Å². The van der Waals surface area contributed by atoms with Gasteiger partial charge in [0.2, 0.25) is 0 Å². The molecule has 1 aromatic carbocycles. The molecule has 0 saturated heterocycles. The highest BCUT2D eigenvalue weighted by Gasteiger charge is 2.12. The largest absolute Gasteiger partial charge is 0.271 e. The van der Waals surface area contributed by atoms with Gasteiger partial charge in [-0.1, -0.05) is 28.1 Å². The molecular weight excluding hydrogens is 264 g/mol. The molecule has 1 aromatic rings. The first kappa shape index (κ1) is 13.2. The van der Waals surface area contributed by atoms with Crippen LogP contribution in [-0.4, -0.2) is 0 Å². The molecule has 3 heteroatoms. The summed E-state index contributed by atoms with van der Waals surface area (Å²) in [6.07, 6.45) is 7.98. The van der Waals surface area contributed by atoms with Gasteiger partial charge in [-0.05, 0) is 37.0 Å². The first-order chi connectivity index (χ1) is 7.70. The number of nitrogens with two attached hydrogens (primary N) is 1. The number of nitrogens with one attached hydrogen (secondary N) is 1. The van der Waals surface area contributed by atoms with E-state index in [2.05, 4.69) is 40.3 Å². The highest BCUT2D eigenvalue weighted by Crippen LogP contribution is 2.26. The van der Waals surface area contributed by atoms with Crippen LogP contribution in [0.2, 0.25) is 0 Å². The quantitative estimate of drug-likeness (QED) is 0.377. The summed E-state index contributed by atoms with van der Waals surface area (Å²) in [7, 11) is 0. The number of benzene rings is 1. The molecule has 1 rings (SSSR count). The van der Waals surface area contributed by atoms with E-state index >= 15 is 0 Å². The van der Waals surface area contributed by atoms with Gasteiger partial charge in [0, 0.05) is 16.9 Å². The average molecular weight is 281 g/mol. The first-order valence-electron chi connectivity index (χ1n) is 5.35. The Bertz CT molecular complexity index is 382. The van der Waals surface area contributed by atoms with Crippen LogP contribution in [0.5, 0.6) is 0 Å². The van der Waals surface area contributed by atoms with Crippen LogP contribution >= 0.6 is 15.9 Å². The topological polar surface area (TPSA) is 38.0 Å². The van der Waals surface area contributed by atoms with E-state index in [9.17, 15) is 0 Å². The summed E-state index contributed by atoms with van der Waals surface area (Å²) in [6, 6.07) is 6.33. The molecule has 1 unspecified atom stereocenters. The number of hydrogen-bond donors (Lipinski definition) is 2. The Kier molecular flexibility index (Phi) is 5.54. The van der Waals surface area contributed by atoms with Gasteiger partial charge in [-0.15, -0.1) is 12.3 Å². The zero-order chi connectivity index (χ0) is 12.0. The maximum absolute atomic E-state index is 5.59. The molecule has 0 aliphatic heterocycles. The summed E-state index contributed by atoms with van der Waals surface area (Å²) in [4.78, 5) is 0. The third-order valence-corrected chi connectivity index (χ3v) is 3.56. The van der Waals surface area contributed by atoms with Crippen LogP contribution in [0.1, 0.15) is 36.4 Å². The molecule has 1 atom stereocenters. The molecular formula is C13H17BrN2. The van der Waals surface area contributed by atoms with Crippen molar-refractivity contribution in [2.75, 3.05) is 0 Å². The molecule has 0 fully saturated rings.